The van der Waals surface area contributed by atoms with E-state index in [0.717, 1.165) is 6.54 Å². The molecule has 0 fully saturated rings. The predicted octanol–water partition coefficient (Wildman–Crippen LogP) is 11.5. The van der Waals surface area contributed by atoms with Crippen LogP contribution in [-0.4, -0.2) is 13.9 Å². The number of hydrogen-bond acceptors (Lipinski definition) is 1. The Kier molecular flexibility index (Phi) is 27.4. The van der Waals surface area contributed by atoms with Crippen LogP contribution in [0, 0.1) is 0 Å². The van der Waals surface area contributed by atoms with Crippen molar-refractivity contribution in [1.29, 1.82) is 0 Å². The molecule has 0 aliphatic rings. The highest BCUT2D eigenvalue weighted by atomic mass is 35.6. The molecule has 0 heterocycles. The van der Waals surface area contributed by atoms with Crippen molar-refractivity contribution in [2.45, 2.75) is 186 Å². The van der Waals surface area contributed by atoms with Crippen molar-refractivity contribution in [2.24, 2.45) is 5.73 Å². The van der Waals surface area contributed by atoms with Crippen LogP contribution in [0.5, 0.6) is 0 Å². The second kappa shape index (κ2) is 27.1. The summed E-state index contributed by atoms with van der Waals surface area (Å²) in [7, 11) is -1.31. The molecule has 0 bridgehead atoms. The van der Waals surface area contributed by atoms with Gasteiger partial charge in [-0.05, 0) is 19.0 Å². The molecule has 0 spiro atoms. The number of rotatable bonds is 28. The average molecular weight is 502 g/mol. The van der Waals surface area contributed by atoms with Crippen LogP contribution >= 0.6 is 11.1 Å². The second-order valence-electron chi connectivity index (χ2n) is 11.4. The summed E-state index contributed by atoms with van der Waals surface area (Å²) >= 11 is 6.38. The summed E-state index contributed by atoms with van der Waals surface area (Å²) in [6.07, 6.45) is 37.5. The van der Waals surface area contributed by atoms with Gasteiger partial charge in [0.1, 0.15) is 7.38 Å². The highest BCUT2D eigenvalue weighted by Crippen LogP contribution is 2.20. The Hall–Kier alpha value is 0.467. The lowest BCUT2D eigenvalue weighted by molar-refractivity contribution is 0.515. The highest BCUT2D eigenvalue weighted by molar-refractivity contribution is 7.19. The molecule has 0 unspecified atom stereocenters. The van der Waals surface area contributed by atoms with Crippen molar-refractivity contribution >= 4 is 18.5 Å². The Labute approximate surface area is 216 Å². The van der Waals surface area contributed by atoms with E-state index in [-0.39, 0.29) is 0 Å². The Morgan fingerprint density at radius 1 is 0.364 bits per heavy atom. The molecule has 0 saturated carbocycles. The monoisotopic (exact) mass is 501 g/mol. The van der Waals surface area contributed by atoms with Gasteiger partial charge in [0.05, 0.1) is 0 Å². The van der Waals surface area contributed by atoms with Gasteiger partial charge >= 0.3 is 0 Å². The summed E-state index contributed by atoms with van der Waals surface area (Å²) in [6, 6.07) is 1.30. The summed E-state index contributed by atoms with van der Waals surface area (Å²) in [4.78, 5) is 0. The average Bonchev–Trinajstić information content (AvgIpc) is 2.78. The molecule has 200 valence electrons. The first-order chi connectivity index (χ1) is 16.1. The van der Waals surface area contributed by atoms with E-state index in [1.165, 1.54) is 173 Å². The van der Waals surface area contributed by atoms with Gasteiger partial charge in [-0.25, -0.2) is 0 Å². The number of halogens is 1. The molecular weight excluding hydrogens is 438 g/mol. The maximum atomic E-state index is 6.38. The van der Waals surface area contributed by atoms with Crippen molar-refractivity contribution in [3.63, 3.8) is 0 Å². The van der Waals surface area contributed by atoms with Crippen molar-refractivity contribution < 1.29 is 0 Å². The Balaban J connectivity index is 3.03. The van der Waals surface area contributed by atoms with Crippen LogP contribution < -0.4 is 5.73 Å². The Morgan fingerprint density at radius 2 is 0.545 bits per heavy atom. The van der Waals surface area contributed by atoms with Crippen molar-refractivity contribution in [3.05, 3.63) is 0 Å². The maximum absolute atomic E-state index is 6.38. The molecule has 0 aromatic carbocycles. The van der Waals surface area contributed by atoms with E-state index in [9.17, 15) is 0 Å². The Bertz CT molecular complexity index is 356. The first-order valence-corrected chi connectivity index (χ1v) is 19.7. The zero-order chi connectivity index (χ0) is 24.3. The zero-order valence-corrected chi connectivity index (χ0v) is 25.0. The van der Waals surface area contributed by atoms with Crippen LogP contribution in [0.4, 0.5) is 0 Å². The van der Waals surface area contributed by atoms with E-state index in [1.54, 1.807) is 0 Å². The van der Waals surface area contributed by atoms with Gasteiger partial charge < -0.3 is 5.73 Å². The van der Waals surface area contributed by atoms with Gasteiger partial charge in [-0.3, -0.25) is 0 Å². The maximum Gasteiger partial charge on any atom is 0.150 e. The summed E-state index contributed by atoms with van der Waals surface area (Å²) in [5.74, 6) is 0. The van der Waals surface area contributed by atoms with E-state index in [1.807, 2.05) is 0 Å². The number of unbranched alkanes of at least 4 members (excludes halogenated alkanes) is 25. The van der Waals surface area contributed by atoms with Crippen molar-refractivity contribution in [2.75, 3.05) is 6.54 Å². The minimum atomic E-state index is -1.31. The van der Waals surface area contributed by atoms with E-state index < -0.39 is 7.38 Å². The van der Waals surface area contributed by atoms with Gasteiger partial charge in [-0.15, -0.1) is 0 Å². The van der Waals surface area contributed by atoms with Gasteiger partial charge in [-0.2, -0.15) is 11.1 Å². The van der Waals surface area contributed by atoms with Crippen LogP contribution in [0.15, 0.2) is 0 Å². The molecule has 0 aromatic heterocycles. The Morgan fingerprint density at radius 3 is 0.727 bits per heavy atom. The van der Waals surface area contributed by atoms with Gasteiger partial charge in [-0.1, -0.05) is 174 Å². The normalized spacial score (nSPS) is 12.0. The molecule has 0 saturated heterocycles. The first kappa shape index (κ1) is 33.5. The van der Waals surface area contributed by atoms with Crippen molar-refractivity contribution in [3.8, 4) is 0 Å². The van der Waals surface area contributed by atoms with E-state index >= 15 is 0 Å². The third kappa shape index (κ3) is 32.5. The highest BCUT2D eigenvalue weighted by Gasteiger charge is 2.15. The van der Waals surface area contributed by atoms with Gasteiger partial charge in [0, 0.05) is 0 Å². The SMILES string of the molecule is C[Si](C)(Cl)CCCCCCCCCCCCCCCCCCCCCCCCCCCCN. The fourth-order valence-corrected chi connectivity index (χ4v) is 6.42. The van der Waals surface area contributed by atoms with Crippen LogP contribution in [0.3, 0.4) is 0 Å². The smallest absolute Gasteiger partial charge is 0.150 e. The third-order valence-electron chi connectivity index (χ3n) is 7.23. The molecule has 1 nitrogen and oxygen atoms in total. The molecule has 0 radical (unpaired) electrons. The van der Waals surface area contributed by atoms with Crippen molar-refractivity contribution in [1.82, 2.24) is 0 Å². The molecule has 3 heteroatoms. The predicted molar refractivity (Wildman–Crippen MR) is 157 cm³/mol. The number of nitrogens with two attached hydrogens (primary N) is 1. The quantitative estimate of drug-likeness (QED) is 0.0643. The lowest BCUT2D eigenvalue weighted by Gasteiger charge is -2.11. The van der Waals surface area contributed by atoms with Gasteiger partial charge in [0.2, 0.25) is 0 Å². The molecular formula is C30H64ClNSi. The lowest BCUT2D eigenvalue weighted by Crippen LogP contribution is -2.14. The minimum Gasteiger partial charge on any atom is -0.330 e. The van der Waals surface area contributed by atoms with Gasteiger partial charge in [0.15, 0.2) is 0 Å². The molecule has 0 atom stereocenters. The number of hydrogen-bond donors (Lipinski definition) is 1. The second-order valence-corrected chi connectivity index (χ2v) is 18.5. The van der Waals surface area contributed by atoms with E-state index in [2.05, 4.69) is 13.1 Å². The fraction of sp³-hybridized carbons (Fsp3) is 1.00. The minimum absolute atomic E-state index is 0.872. The molecule has 2 N–H and O–H groups in total. The molecule has 0 amide bonds. The molecule has 0 aliphatic carbocycles. The van der Waals surface area contributed by atoms with E-state index in [0.29, 0.717) is 0 Å². The summed E-state index contributed by atoms with van der Waals surface area (Å²) in [6.45, 7) is 5.41. The first-order valence-electron chi connectivity index (χ1n) is 15.5. The summed E-state index contributed by atoms with van der Waals surface area (Å²) < 4.78 is 0. The molecule has 0 rings (SSSR count). The lowest BCUT2D eigenvalue weighted by atomic mass is 10.0. The van der Waals surface area contributed by atoms with E-state index in [4.69, 9.17) is 16.8 Å². The van der Waals surface area contributed by atoms with Crippen LogP contribution in [-0.2, 0) is 0 Å². The fourth-order valence-electron chi connectivity index (χ4n) is 4.93. The van der Waals surface area contributed by atoms with Crippen LogP contribution in [0.25, 0.3) is 0 Å². The molecule has 0 aliphatic heterocycles. The topological polar surface area (TPSA) is 26.0 Å². The molecule has 33 heavy (non-hydrogen) atoms. The van der Waals surface area contributed by atoms with Crippen LogP contribution in [0.2, 0.25) is 19.1 Å². The molecule has 0 aromatic rings. The standard InChI is InChI=1S/C30H64ClNSi/c1-33(2,31)30-28-26-24-22-20-18-16-14-12-10-8-6-4-3-5-7-9-11-13-15-17-19-21-23-25-27-29-32/h3-30,32H2,1-2H3. The summed E-state index contributed by atoms with van der Waals surface area (Å²) in [5.41, 5.74) is 5.54. The summed E-state index contributed by atoms with van der Waals surface area (Å²) in [5, 5.41) is 0. The third-order valence-corrected chi connectivity index (χ3v) is 9.33. The largest absolute Gasteiger partial charge is 0.330 e. The van der Waals surface area contributed by atoms with Gasteiger partial charge in [0.25, 0.3) is 0 Å². The zero-order valence-electron chi connectivity index (χ0n) is 23.3. The van der Waals surface area contributed by atoms with Crippen LogP contribution in [0.1, 0.15) is 167 Å².